The van der Waals surface area contributed by atoms with Crippen LogP contribution in [0.15, 0.2) is 40.0 Å². The smallest absolute Gasteiger partial charge is 0.249 e. The summed E-state index contributed by atoms with van der Waals surface area (Å²) in [7, 11) is 3.25. The van der Waals surface area contributed by atoms with Crippen LogP contribution in [0.25, 0.3) is 17.0 Å². The quantitative estimate of drug-likeness (QED) is 0.239. The van der Waals surface area contributed by atoms with Gasteiger partial charge in [0.1, 0.15) is 35.4 Å². The first-order valence-electron chi connectivity index (χ1n) is 9.83. The number of fused-ring (bicyclic) bond motifs is 1. The Kier molecular flexibility index (Phi) is 6.55. The largest absolute Gasteiger partial charge is 0.497 e. The lowest BCUT2D eigenvalue weighted by Gasteiger charge is -2.17. The van der Waals surface area contributed by atoms with Gasteiger partial charge in [0.15, 0.2) is 5.69 Å². The number of amidine groups is 1. The van der Waals surface area contributed by atoms with Gasteiger partial charge in [0.2, 0.25) is 5.71 Å². The Morgan fingerprint density at radius 1 is 1.26 bits per heavy atom. The van der Waals surface area contributed by atoms with E-state index in [0.29, 0.717) is 53.4 Å². The number of aryl methyl sites for hydroxylation is 2. The van der Waals surface area contributed by atoms with Crippen molar-refractivity contribution < 1.29 is 18.6 Å². The first kappa shape index (κ1) is 22.2. The number of benzene rings is 1. The SMILES string of the molecule is C=C(C)N(/N=C(/C)N)c1c(C)nn2c(-c3ccc(OC)cc3OCCOC)c(C)oc12. The van der Waals surface area contributed by atoms with Gasteiger partial charge in [0.25, 0.3) is 0 Å². The fourth-order valence-electron chi connectivity index (χ4n) is 3.29. The van der Waals surface area contributed by atoms with Crippen LogP contribution in [0.5, 0.6) is 11.5 Å². The number of rotatable bonds is 9. The topological polar surface area (TPSA) is 99.8 Å². The number of aromatic nitrogens is 2. The number of oxazole rings is 1. The Morgan fingerprint density at radius 2 is 2.00 bits per heavy atom. The number of ether oxygens (including phenoxy) is 3. The third-order valence-corrected chi connectivity index (χ3v) is 4.60. The molecule has 0 saturated carbocycles. The molecule has 0 aliphatic rings. The number of hydrazone groups is 1. The van der Waals surface area contributed by atoms with Crippen molar-refractivity contribution in [3.05, 3.63) is 41.9 Å². The number of allylic oxidation sites excluding steroid dienone is 1. The van der Waals surface area contributed by atoms with Crippen LogP contribution in [-0.2, 0) is 4.74 Å². The van der Waals surface area contributed by atoms with Crippen molar-refractivity contribution in [3.8, 4) is 22.8 Å². The third kappa shape index (κ3) is 4.36. The van der Waals surface area contributed by atoms with Crippen molar-refractivity contribution in [2.45, 2.75) is 27.7 Å². The molecule has 9 heteroatoms. The number of anilines is 1. The number of methoxy groups -OCH3 is 2. The number of nitrogens with zero attached hydrogens (tertiary/aromatic N) is 4. The third-order valence-electron chi connectivity index (χ3n) is 4.60. The van der Waals surface area contributed by atoms with Crippen molar-refractivity contribution in [2.24, 2.45) is 10.8 Å². The molecule has 9 nitrogen and oxygen atoms in total. The molecule has 1 aromatic carbocycles. The minimum Gasteiger partial charge on any atom is -0.497 e. The molecule has 2 heterocycles. The number of hydrogen-bond acceptors (Lipinski definition) is 7. The summed E-state index contributed by atoms with van der Waals surface area (Å²) >= 11 is 0. The average molecular weight is 428 g/mol. The lowest BCUT2D eigenvalue weighted by atomic mass is 10.1. The van der Waals surface area contributed by atoms with Crippen molar-refractivity contribution in [1.29, 1.82) is 0 Å². The summed E-state index contributed by atoms with van der Waals surface area (Å²) in [6, 6.07) is 5.63. The van der Waals surface area contributed by atoms with Gasteiger partial charge in [-0.25, -0.2) is 5.01 Å². The number of nitrogens with two attached hydrogens (primary N) is 1. The van der Waals surface area contributed by atoms with Gasteiger partial charge in [-0.2, -0.15) is 14.7 Å². The van der Waals surface area contributed by atoms with Gasteiger partial charge in [0, 0.05) is 24.4 Å². The second kappa shape index (κ2) is 9.13. The summed E-state index contributed by atoms with van der Waals surface area (Å²) in [5, 5.41) is 10.8. The maximum absolute atomic E-state index is 6.15. The van der Waals surface area contributed by atoms with Crippen LogP contribution in [-0.4, -0.2) is 42.9 Å². The van der Waals surface area contributed by atoms with E-state index in [1.165, 1.54) is 0 Å². The highest BCUT2D eigenvalue weighted by Gasteiger charge is 2.26. The predicted octanol–water partition coefficient (Wildman–Crippen LogP) is 3.88. The minimum atomic E-state index is 0.397. The van der Waals surface area contributed by atoms with Crippen molar-refractivity contribution in [2.75, 3.05) is 32.4 Å². The number of hydrogen-bond donors (Lipinski definition) is 1. The van der Waals surface area contributed by atoms with Crippen LogP contribution >= 0.6 is 0 Å². The lowest BCUT2D eigenvalue weighted by Crippen LogP contribution is -2.19. The molecule has 0 radical (unpaired) electrons. The summed E-state index contributed by atoms with van der Waals surface area (Å²) in [6.07, 6.45) is 0. The standard InChI is InChI=1S/C22H29N5O4/c1-13(2)26(25-16(5)23)20-14(3)24-27-21(15(4)31-22(20)27)18-9-8-17(29-7)12-19(18)30-11-10-28-6/h8-9,12H,1,10-11H2,2-7H3,(H2,23,25). The zero-order valence-electron chi connectivity index (χ0n) is 18.9. The molecule has 0 aliphatic carbocycles. The Morgan fingerprint density at radius 3 is 2.61 bits per heavy atom. The Labute approximate surface area is 181 Å². The van der Waals surface area contributed by atoms with Crippen LogP contribution in [0.1, 0.15) is 25.3 Å². The van der Waals surface area contributed by atoms with Gasteiger partial charge >= 0.3 is 0 Å². The molecule has 2 N–H and O–H groups in total. The maximum Gasteiger partial charge on any atom is 0.249 e. The molecule has 3 rings (SSSR count). The highest BCUT2D eigenvalue weighted by molar-refractivity contribution is 5.83. The van der Waals surface area contributed by atoms with Crippen LogP contribution in [0.2, 0.25) is 0 Å². The molecule has 166 valence electrons. The molecule has 0 fully saturated rings. The molecule has 0 atom stereocenters. The summed E-state index contributed by atoms with van der Waals surface area (Å²) in [5.74, 6) is 2.41. The van der Waals surface area contributed by atoms with Crippen molar-refractivity contribution >= 4 is 17.2 Å². The molecular formula is C22H29N5O4. The molecule has 31 heavy (non-hydrogen) atoms. The summed E-state index contributed by atoms with van der Waals surface area (Å²) < 4.78 is 24.4. The van der Waals surface area contributed by atoms with Gasteiger partial charge in [0.05, 0.1) is 19.4 Å². The molecule has 2 aromatic heterocycles. The molecule has 0 spiro atoms. The molecule has 0 unspecified atom stereocenters. The van der Waals surface area contributed by atoms with E-state index in [1.54, 1.807) is 30.7 Å². The van der Waals surface area contributed by atoms with Gasteiger partial charge < -0.3 is 24.4 Å². The first-order valence-corrected chi connectivity index (χ1v) is 9.83. The zero-order chi connectivity index (χ0) is 22.7. The monoisotopic (exact) mass is 427 g/mol. The van der Waals surface area contributed by atoms with E-state index in [4.69, 9.17) is 29.5 Å². The normalized spacial score (nSPS) is 11.7. The van der Waals surface area contributed by atoms with E-state index in [9.17, 15) is 0 Å². The Hall–Kier alpha value is -3.46. The van der Waals surface area contributed by atoms with Crippen LogP contribution in [0.3, 0.4) is 0 Å². The minimum absolute atomic E-state index is 0.397. The van der Waals surface area contributed by atoms with E-state index < -0.39 is 0 Å². The van der Waals surface area contributed by atoms with Crippen molar-refractivity contribution in [1.82, 2.24) is 9.61 Å². The van der Waals surface area contributed by atoms with Crippen molar-refractivity contribution in [3.63, 3.8) is 0 Å². The van der Waals surface area contributed by atoms with E-state index in [-0.39, 0.29) is 0 Å². The molecular weight excluding hydrogens is 398 g/mol. The lowest BCUT2D eigenvalue weighted by molar-refractivity contribution is 0.146. The molecule has 3 aromatic rings. The van der Waals surface area contributed by atoms with E-state index >= 15 is 0 Å². The van der Waals surface area contributed by atoms with Crippen LogP contribution < -0.4 is 20.2 Å². The summed E-state index contributed by atoms with van der Waals surface area (Å²) in [5.41, 5.74) is 10.1. The second-order valence-corrected chi connectivity index (χ2v) is 7.15. The Balaban J connectivity index is 2.20. The van der Waals surface area contributed by atoms with E-state index in [0.717, 1.165) is 17.0 Å². The van der Waals surface area contributed by atoms with Crippen LogP contribution in [0.4, 0.5) is 5.69 Å². The van der Waals surface area contributed by atoms with E-state index in [2.05, 4.69) is 11.7 Å². The summed E-state index contributed by atoms with van der Waals surface area (Å²) in [4.78, 5) is 0. The fraction of sp³-hybridized carbons (Fsp3) is 0.364. The molecule has 0 saturated heterocycles. The van der Waals surface area contributed by atoms with Gasteiger partial charge in [-0.05, 0) is 39.8 Å². The van der Waals surface area contributed by atoms with Crippen LogP contribution in [0, 0.1) is 13.8 Å². The highest BCUT2D eigenvalue weighted by Crippen LogP contribution is 2.40. The maximum atomic E-state index is 6.15. The van der Waals surface area contributed by atoms with Gasteiger partial charge in [-0.1, -0.05) is 6.58 Å². The fourth-order valence-corrected chi connectivity index (χ4v) is 3.29. The molecule has 0 amide bonds. The first-order chi connectivity index (χ1) is 14.8. The molecule has 0 aliphatic heterocycles. The Bertz CT molecular complexity index is 1120. The summed E-state index contributed by atoms with van der Waals surface area (Å²) in [6.45, 7) is 12.2. The van der Waals surface area contributed by atoms with Gasteiger partial charge in [-0.3, -0.25) is 0 Å². The molecule has 0 bridgehead atoms. The highest BCUT2D eigenvalue weighted by atomic mass is 16.5. The van der Waals surface area contributed by atoms with Gasteiger partial charge in [-0.15, -0.1) is 0 Å². The average Bonchev–Trinajstić information content (AvgIpc) is 3.18. The zero-order valence-corrected chi connectivity index (χ0v) is 18.9. The second-order valence-electron chi connectivity index (χ2n) is 7.15. The predicted molar refractivity (Wildman–Crippen MR) is 121 cm³/mol. The van der Waals surface area contributed by atoms with E-state index in [1.807, 2.05) is 39.0 Å².